The van der Waals surface area contributed by atoms with Crippen LogP contribution in [0.1, 0.15) is 17.9 Å². The molecule has 1 atom stereocenters. The maximum atomic E-state index is 6.55. The molecule has 2 aromatic heterocycles. The number of allylic oxidation sites excluding steroid dienone is 4. The van der Waals surface area contributed by atoms with Crippen LogP contribution in [0.25, 0.3) is 60.4 Å². The van der Waals surface area contributed by atoms with Crippen LogP contribution < -0.4 is 4.74 Å². The molecule has 0 aliphatic heterocycles. The topological polar surface area (TPSA) is 29.9 Å². The van der Waals surface area contributed by atoms with Crippen molar-refractivity contribution in [3.63, 3.8) is 0 Å². The van der Waals surface area contributed by atoms with Crippen molar-refractivity contribution >= 4 is 43.6 Å². The van der Waals surface area contributed by atoms with E-state index in [4.69, 9.17) is 4.74 Å². The molecule has 6 aromatic carbocycles. The molecule has 0 saturated carbocycles. The Kier molecular flexibility index (Phi) is 5.95. The molecule has 0 spiro atoms. The molecule has 3 nitrogen and oxygen atoms in total. The highest BCUT2D eigenvalue weighted by Gasteiger charge is 2.22. The van der Waals surface area contributed by atoms with Gasteiger partial charge >= 0.3 is 0 Å². The summed E-state index contributed by atoms with van der Waals surface area (Å²) in [6, 6.07) is 47.5. The second kappa shape index (κ2) is 10.4. The Morgan fingerprint density at radius 1 is 0.578 bits per heavy atom. The number of nitrogens with one attached hydrogen (secondary N) is 1. The Labute approximate surface area is 261 Å². The summed E-state index contributed by atoms with van der Waals surface area (Å²) in [6.45, 7) is 0. The minimum Gasteiger partial charge on any atom is -0.457 e. The van der Waals surface area contributed by atoms with Crippen molar-refractivity contribution in [2.24, 2.45) is 0 Å². The van der Waals surface area contributed by atoms with Crippen LogP contribution in [0.3, 0.4) is 0 Å². The molecule has 1 unspecified atom stereocenters. The zero-order valence-electron chi connectivity index (χ0n) is 24.7. The van der Waals surface area contributed by atoms with E-state index in [0.717, 1.165) is 39.9 Å². The van der Waals surface area contributed by atoms with Gasteiger partial charge in [0.1, 0.15) is 11.5 Å². The van der Waals surface area contributed by atoms with Crippen LogP contribution in [0.2, 0.25) is 0 Å². The number of fused-ring (bicyclic) bond motifs is 6. The maximum Gasteiger partial charge on any atom is 0.128 e. The highest BCUT2D eigenvalue weighted by molar-refractivity contribution is 6.11. The Bertz CT molecular complexity index is 2440. The number of hydrogen-bond acceptors (Lipinski definition) is 1. The molecule has 0 radical (unpaired) electrons. The van der Waals surface area contributed by atoms with Gasteiger partial charge in [0, 0.05) is 44.1 Å². The van der Waals surface area contributed by atoms with Gasteiger partial charge in [0.15, 0.2) is 0 Å². The van der Waals surface area contributed by atoms with Crippen LogP contribution in [-0.4, -0.2) is 9.55 Å². The predicted molar refractivity (Wildman–Crippen MR) is 188 cm³/mol. The van der Waals surface area contributed by atoms with Crippen molar-refractivity contribution in [1.82, 2.24) is 9.55 Å². The van der Waals surface area contributed by atoms with Crippen LogP contribution in [0, 0.1) is 0 Å². The minimum absolute atomic E-state index is 0.298. The fraction of sp³-hybridized carbons (Fsp3) is 0.0476. The van der Waals surface area contributed by atoms with E-state index in [1.165, 1.54) is 44.1 Å². The van der Waals surface area contributed by atoms with E-state index < -0.39 is 0 Å². The minimum atomic E-state index is 0.298. The van der Waals surface area contributed by atoms with Gasteiger partial charge in [-0.2, -0.15) is 0 Å². The lowest BCUT2D eigenvalue weighted by molar-refractivity contribution is 0.484. The van der Waals surface area contributed by atoms with Gasteiger partial charge < -0.3 is 14.3 Å². The Morgan fingerprint density at radius 2 is 1.31 bits per heavy atom. The highest BCUT2D eigenvalue weighted by Crippen LogP contribution is 2.42. The molecule has 1 aliphatic carbocycles. The van der Waals surface area contributed by atoms with E-state index >= 15 is 0 Å². The summed E-state index contributed by atoms with van der Waals surface area (Å²) in [5.74, 6) is 1.94. The number of benzene rings is 6. The lowest BCUT2D eigenvalue weighted by atomic mass is 9.88. The average Bonchev–Trinajstić information content (AvgIpc) is 3.64. The highest BCUT2D eigenvalue weighted by atomic mass is 16.5. The Balaban J connectivity index is 1.23. The molecular formula is C42H30N2O. The zero-order valence-corrected chi connectivity index (χ0v) is 24.7. The van der Waals surface area contributed by atoms with E-state index in [2.05, 4.69) is 161 Å². The van der Waals surface area contributed by atoms with Crippen molar-refractivity contribution in [3.8, 4) is 28.3 Å². The van der Waals surface area contributed by atoms with Crippen molar-refractivity contribution in [3.05, 3.63) is 163 Å². The van der Waals surface area contributed by atoms with Crippen LogP contribution in [0.5, 0.6) is 11.5 Å². The molecule has 0 bridgehead atoms. The molecule has 214 valence electrons. The molecule has 0 amide bonds. The number of hydrogen-bond donors (Lipinski definition) is 1. The van der Waals surface area contributed by atoms with Gasteiger partial charge in [0.05, 0.1) is 16.7 Å². The summed E-state index contributed by atoms with van der Waals surface area (Å²) >= 11 is 0. The third-order valence-electron chi connectivity index (χ3n) is 9.11. The predicted octanol–water partition coefficient (Wildman–Crippen LogP) is 11.5. The van der Waals surface area contributed by atoms with Crippen LogP contribution in [0.15, 0.2) is 158 Å². The second-order valence-corrected chi connectivity index (χ2v) is 11.8. The van der Waals surface area contributed by atoms with Crippen molar-refractivity contribution in [1.29, 1.82) is 0 Å². The summed E-state index contributed by atoms with van der Waals surface area (Å²) in [5.41, 5.74) is 9.59. The molecule has 9 rings (SSSR count). The van der Waals surface area contributed by atoms with E-state index in [1.807, 2.05) is 6.07 Å². The fourth-order valence-corrected chi connectivity index (χ4v) is 7.06. The average molecular weight is 579 g/mol. The third-order valence-corrected chi connectivity index (χ3v) is 9.11. The van der Waals surface area contributed by atoms with E-state index in [0.29, 0.717) is 5.92 Å². The first-order chi connectivity index (χ1) is 22.3. The summed E-state index contributed by atoms with van der Waals surface area (Å²) in [4.78, 5) is 3.51. The monoisotopic (exact) mass is 578 g/mol. The fourth-order valence-electron chi connectivity index (χ4n) is 7.06. The molecule has 0 saturated heterocycles. The molecule has 3 heteroatoms. The molecule has 2 heterocycles. The third kappa shape index (κ3) is 4.28. The Hall–Kier alpha value is -5.80. The van der Waals surface area contributed by atoms with E-state index in [-0.39, 0.29) is 0 Å². The number of ether oxygens (including phenoxy) is 1. The first kappa shape index (κ1) is 25.7. The standard InChI is InChI=1S/C42H30N2O/c1-3-12-28(13-4-1)32-18-11-19-33(29-14-5-2-6-15-29)42(32)44-40-21-10-8-17-35(40)37-27-31(23-25-41(37)44)45-30-22-24-39-36(26-30)34-16-7-9-20-38(34)43-39/h1-14,16-27,29,43H,15H2. The van der Waals surface area contributed by atoms with Gasteiger partial charge in [-0.1, -0.05) is 109 Å². The molecule has 1 aliphatic rings. The van der Waals surface area contributed by atoms with Crippen LogP contribution >= 0.6 is 0 Å². The summed E-state index contributed by atoms with van der Waals surface area (Å²) in [7, 11) is 0. The summed E-state index contributed by atoms with van der Waals surface area (Å²) < 4.78 is 9.02. The SMILES string of the molecule is C1=CCC(c2cccc(-c3ccccc3)c2-n2c3ccccc3c3cc(Oc4ccc5[nH]c6ccccc6c5c4)ccc32)C=C1. The quantitative estimate of drug-likeness (QED) is 0.216. The number of aromatic amines is 1. The zero-order chi connectivity index (χ0) is 29.7. The number of rotatable bonds is 5. The lowest BCUT2D eigenvalue weighted by Gasteiger charge is -2.23. The number of para-hydroxylation sites is 3. The first-order valence-corrected chi connectivity index (χ1v) is 15.6. The maximum absolute atomic E-state index is 6.55. The molecule has 1 N–H and O–H groups in total. The van der Waals surface area contributed by atoms with E-state index in [9.17, 15) is 0 Å². The second-order valence-electron chi connectivity index (χ2n) is 11.8. The molecule has 8 aromatic rings. The summed E-state index contributed by atoms with van der Waals surface area (Å²) in [6.07, 6.45) is 9.91. The Morgan fingerprint density at radius 3 is 2.18 bits per heavy atom. The van der Waals surface area contributed by atoms with Crippen molar-refractivity contribution in [2.45, 2.75) is 12.3 Å². The van der Waals surface area contributed by atoms with Gasteiger partial charge in [0.2, 0.25) is 0 Å². The lowest BCUT2D eigenvalue weighted by Crippen LogP contribution is -2.06. The first-order valence-electron chi connectivity index (χ1n) is 15.6. The van der Waals surface area contributed by atoms with Crippen LogP contribution in [-0.2, 0) is 0 Å². The van der Waals surface area contributed by atoms with Gasteiger partial charge in [-0.3, -0.25) is 0 Å². The largest absolute Gasteiger partial charge is 0.457 e. The van der Waals surface area contributed by atoms with Crippen molar-refractivity contribution < 1.29 is 4.74 Å². The molecule has 45 heavy (non-hydrogen) atoms. The van der Waals surface area contributed by atoms with Gasteiger partial charge in [-0.15, -0.1) is 0 Å². The van der Waals surface area contributed by atoms with Crippen LogP contribution in [0.4, 0.5) is 0 Å². The molecular weight excluding hydrogens is 548 g/mol. The molecule has 0 fully saturated rings. The van der Waals surface area contributed by atoms with Gasteiger partial charge in [-0.05, 0) is 66.1 Å². The smallest absolute Gasteiger partial charge is 0.128 e. The van der Waals surface area contributed by atoms with E-state index in [1.54, 1.807) is 0 Å². The summed E-state index contributed by atoms with van der Waals surface area (Å²) in [5, 5.41) is 4.74. The van der Waals surface area contributed by atoms with Gasteiger partial charge in [-0.25, -0.2) is 0 Å². The normalized spacial score (nSPS) is 14.6. The number of H-pyrrole nitrogens is 1. The number of nitrogens with zero attached hydrogens (tertiary/aromatic N) is 1. The van der Waals surface area contributed by atoms with Crippen molar-refractivity contribution in [2.75, 3.05) is 0 Å². The van der Waals surface area contributed by atoms with Gasteiger partial charge in [0.25, 0.3) is 0 Å². The number of aromatic nitrogens is 2.